The largest absolute Gasteiger partial charge is 0.481 e. The molecule has 30 heavy (non-hydrogen) atoms. The smallest absolute Gasteiger partial charge is 0.416 e. The number of rotatable bonds is 5. The van der Waals surface area contributed by atoms with Crippen molar-refractivity contribution >= 4 is 22.6 Å². The van der Waals surface area contributed by atoms with Gasteiger partial charge in [-0.05, 0) is 54.3 Å². The van der Waals surface area contributed by atoms with Gasteiger partial charge in [0.25, 0.3) is 0 Å². The molecular weight excluding hydrogens is 393 g/mol. The van der Waals surface area contributed by atoms with E-state index in [4.69, 9.17) is 5.11 Å². The van der Waals surface area contributed by atoms with E-state index < -0.39 is 17.7 Å². The SMILES string of the molecule is CC(C)Cc1cn(-c2cccc(N3CC(C(=O)O)C3)c2)c2ccc(C(F)(F)F)cc12. The summed E-state index contributed by atoms with van der Waals surface area (Å²) in [6, 6.07) is 11.6. The fourth-order valence-electron chi connectivity index (χ4n) is 3.98. The lowest BCUT2D eigenvalue weighted by molar-refractivity contribution is -0.142. The number of fused-ring (bicyclic) bond motifs is 1. The molecule has 4 nitrogen and oxygen atoms in total. The molecule has 0 radical (unpaired) electrons. The summed E-state index contributed by atoms with van der Waals surface area (Å²) in [4.78, 5) is 13.1. The number of carboxylic acids is 1. The zero-order valence-corrected chi connectivity index (χ0v) is 16.8. The number of hydrogen-bond acceptors (Lipinski definition) is 2. The van der Waals surface area contributed by atoms with Crippen molar-refractivity contribution in [1.29, 1.82) is 0 Å². The van der Waals surface area contributed by atoms with Crippen molar-refractivity contribution in [2.24, 2.45) is 11.8 Å². The second-order valence-corrected chi connectivity index (χ2v) is 8.31. The highest BCUT2D eigenvalue weighted by atomic mass is 19.4. The highest BCUT2D eigenvalue weighted by Crippen LogP contribution is 2.35. The minimum absolute atomic E-state index is 0.305. The van der Waals surface area contributed by atoms with Crippen LogP contribution in [-0.2, 0) is 17.4 Å². The van der Waals surface area contributed by atoms with Crippen molar-refractivity contribution in [2.75, 3.05) is 18.0 Å². The molecule has 3 aromatic rings. The molecule has 0 saturated carbocycles. The van der Waals surface area contributed by atoms with Crippen molar-refractivity contribution in [3.63, 3.8) is 0 Å². The number of aromatic nitrogens is 1. The Bertz CT molecular complexity index is 1100. The zero-order valence-electron chi connectivity index (χ0n) is 16.8. The number of benzene rings is 2. The zero-order chi connectivity index (χ0) is 21.6. The van der Waals surface area contributed by atoms with Gasteiger partial charge in [0.05, 0.1) is 17.0 Å². The molecule has 7 heteroatoms. The first kappa shape index (κ1) is 20.3. The maximum atomic E-state index is 13.3. The molecule has 0 bridgehead atoms. The molecule has 1 aliphatic rings. The van der Waals surface area contributed by atoms with Gasteiger partial charge in [-0.25, -0.2) is 0 Å². The topological polar surface area (TPSA) is 45.5 Å². The van der Waals surface area contributed by atoms with Crippen LogP contribution in [0.2, 0.25) is 0 Å². The van der Waals surface area contributed by atoms with Crippen LogP contribution in [0.15, 0.2) is 48.7 Å². The molecule has 0 amide bonds. The number of alkyl halides is 3. The maximum Gasteiger partial charge on any atom is 0.416 e. The van der Waals surface area contributed by atoms with Crippen LogP contribution in [0, 0.1) is 11.8 Å². The van der Waals surface area contributed by atoms with Crippen LogP contribution >= 0.6 is 0 Å². The van der Waals surface area contributed by atoms with Crippen molar-refractivity contribution < 1.29 is 23.1 Å². The van der Waals surface area contributed by atoms with Crippen LogP contribution in [0.1, 0.15) is 25.0 Å². The van der Waals surface area contributed by atoms with Crippen LogP contribution in [0.3, 0.4) is 0 Å². The molecule has 1 N–H and O–H groups in total. The van der Waals surface area contributed by atoms with Crippen LogP contribution in [0.5, 0.6) is 0 Å². The molecule has 0 atom stereocenters. The molecule has 0 aliphatic carbocycles. The van der Waals surface area contributed by atoms with E-state index >= 15 is 0 Å². The minimum Gasteiger partial charge on any atom is -0.481 e. The van der Waals surface area contributed by atoms with E-state index in [9.17, 15) is 18.0 Å². The standard InChI is InChI=1S/C23H23F3N2O2/c1-14(2)8-15-13-28(21-7-6-17(9-20(15)21)23(24,25)26)19-5-3-4-18(10-19)27-11-16(12-27)22(29)30/h3-7,9-10,13-14,16H,8,11-12H2,1-2H3,(H,29,30). The molecule has 2 heterocycles. The Morgan fingerprint density at radius 1 is 1.13 bits per heavy atom. The van der Waals surface area contributed by atoms with E-state index in [2.05, 4.69) is 0 Å². The predicted molar refractivity (Wildman–Crippen MR) is 110 cm³/mol. The monoisotopic (exact) mass is 416 g/mol. The average Bonchev–Trinajstić information content (AvgIpc) is 2.97. The van der Waals surface area contributed by atoms with E-state index in [1.54, 1.807) is 0 Å². The Morgan fingerprint density at radius 2 is 1.83 bits per heavy atom. The summed E-state index contributed by atoms with van der Waals surface area (Å²) in [6.45, 7) is 5.00. The maximum absolute atomic E-state index is 13.3. The van der Waals surface area contributed by atoms with E-state index in [1.165, 1.54) is 12.1 Å². The Balaban J connectivity index is 1.76. The quantitative estimate of drug-likeness (QED) is 0.608. The Labute approximate surface area is 172 Å². The fraction of sp³-hybridized carbons (Fsp3) is 0.348. The third-order valence-corrected chi connectivity index (χ3v) is 5.55. The Morgan fingerprint density at radius 3 is 2.47 bits per heavy atom. The van der Waals surface area contributed by atoms with Gasteiger partial charge < -0.3 is 14.6 Å². The normalized spacial score (nSPS) is 15.1. The lowest BCUT2D eigenvalue weighted by Gasteiger charge is -2.38. The van der Waals surface area contributed by atoms with Gasteiger partial charge in [0.1, 0.15) is 0 Å². The predicted octanol–water partition coefficient (Wildman–Crippen LogP) is 5.37. The highest BCUT2D eigenvalue weighted by Gasteiger charge is 2.33. The van der Waals surface area contributed by atoms with Crippen LogP contribution in [-0.4, -0.2) is 28.7 Å². The van der Waals surface area contributed by atoms with E-state index in [0.29, 0.717) is 30.8 Å². The van der Waals surface area contributed by atoms with E-state index in [1.807, 2.05) is 53.8 Å². The summed E-state index contributed by atoms with van der Waals surface area (Å²) in [5.41, 5.74) is 2.70. The van der Waals surface area contributed by atoms with Crippen molar-refractivity contribution in [3.05, 3.63) is 59.8 Å². The number of carboxylic acid groups (broad SMARTS) is 1. The number of nitrogens with zero attached hydrogens (tertiary/aromatic N) is 2. The van der Waals surface area contributed by atoms with Gasteiger partial charge in [-0.3, -0.25) is 4.79 Å². The summed E-state index contributed by atoms with van der Waals surface area (Å²) in [5.74, 6) is -0.851. The van der Waals surface area contributed by atoms with Crippen LogP contribution in [0.25, 0.3) is 16.6 Å². The fourth-order valence-corrected chi connectivity index (χ4v) is 3.98. The first-order valence-electron chi connectivity index (χ1n) is 9.93. The first-order valence-corrected chi connectivity index (χ1v) is 9.93. The van der Waals surface area contributed by atoms with Crippen LogP contribution < -0.4 is 4.90 Å². The molecule has 1 aromatic heterocycles. The van der Waals surface area contributed by atoms with E-state index in [0.717, 1.165) is 28.5 Å². The number of anilines is 1. The highest BCUT2D eigenvalue weighted by molar-refractivity contribution is 5.87. The molecule has 0 unspecified atom stereocenters. The summed E-state index contributed by atoms with van der Waals surface area (Å²) in [7, 11) is 0. The van der Waals surface area contributed by atoms with Gasteiger partial charge in [0, 0.05) is 36.0 Å². The summed E-state index contributed by atoms with van der Waals surface area (Å²) < 4.78 is 41.7. The molecular formula is C23H23F3N2O2. The second-order valence-electron chi connectivity index (χ2n) is 8.31. The van der Waals surface area contributed by atoms with Gasteiger partial charge in [-0.15, -0.1) is 0 Å². The van der Waals surface area contributed by atoms with Crippen molar-refractivity contribution in [3.8, 4) is 5.69 Å². The Kier molecular flexibility index (Phi) is 5.00. The number of hydrogen-bond donors (Lipinski definition) is 1. The van der Waals surface area contributed by atoms with Crippen LogP contribution in [0.4, 0.5) is 18.9 Å². The summed E-state index contributed by atoms with van der Waals surface area (Å²) in [5, 5.41) is 9.70. The van der Waals surface area contributed by atoms with Gasteiger partial charge >= 0.3 is 12.1 Å². The minimum atomic E-state index is -4.39. The van der Waals surface area contributed by atoms with Gasteiger partial charge in [0.2, 0.25) is 0 Å². The number of carbonyl (C=O) groups is 1. The summed E-state index contributed by atoms with van der Waals surface area (Å²) >= 11 is 0. The molecule has 2 aromatic carbocycles. The lowest BCUT2D eigenvalue weighted by atomic mass is 9.99. The third kappa shape index (κ3) is 3.76. The molecule has 1 fully saturated rings. The number of halogens is 3. The third-order valence-electron chi connectivity index (χ3n) is 5.55. The number of aliphatic carboxylic acids is 1. The van der Waals surface area contributed by atoms with Crippen molar-refractivity contribution in [2.45, 2.75) is 26.4 Å². The molecule has 158 valence electrons. The average molecular weight is 416 g/mol. The van der Waals surface area contributed by atoms with Gasteiger partial charge in [-0.2, -0.15) is 13.2 Å². The second kappa shape index (κ2) is 7.38. The molecule has 4 rings (SSSR count). The molecule has 0 spiro atoms. The summed E-state index contributed by atoms with van der Waals surface area (Å²) in [6.07, 6.45) is -1.79. The Hall–Kier alpha value is -2.96. The van der Waals surface area contributed by atoms with Crippen molar-refractivity contribution in [1.82, 2.24) is 4.57 Å². The lowest BCUT2D eigenvalue weighted by Crippen LogP contribution is -2.50. The molecule has 1 saturated heterocycles. The van der Waals surface area contributed by atoms with Gasteiger partial charge in [-0.1, -0.05) is 19.9 Å². The van der Waals surface area contributed by atoms with E-state index in [-0.39, 0.29) is 5.92 Å². The molecule has 1 aliphatic heterocycles. The first-order chi connectivity index (χ1) is 14.1. The van der Waals surface area contributed by atoms with Gasteiger partial charge in [0.15, 0.2) is 0 Å².